The van der Waals surface area contributed by atoms with Crippen LogP contribution in [-0.2, 0) is 5.72 Å². The van der Waals surface area contributed by atoms with Gasteiger partial charge in [-0.05, 0) is 26.5 Å². The molecular weight excluding hydrogens is 324 g/mol. The molecule has 0 spiro atoms. The maximum absolute atomic E-state index is 11.9. The van der Waals surface area contributed by atoms with E-state index >= 15 is 0 Å². The average molecular weight is 350 g/mol. The molecule has 6 nitrogen and oxygen atoms in total. The van der Waals surface area contributed by atoms with Crippen molar-refractivity contribution in [1.82, 2.24) is 9.88 Å². The summed E-state index contributed by atoms with van der Waals surface area (Å²) in [5.74, 6) is -0.576. The predicted molar refractivity (Wildman–Crippen MR) is 97.8 cm³/mol. The van der Waals surface area contributed by atoms with Crippen LogP contribution in [0.2, 0.25) is 0 Å². The fourth-order valence-electron chi connectivity index (χ4n) is 3.10. The van der Waals surface area contributed by atoms with Gasteiger partial charge in [0.05, 0.1) is 23.2 Å². The fourth-order valence-corrected chi connectivity index (χ4v) is 3.73. The van der Waals surface area contributed by atoms with Crippen LogP contribution in [0.5, 0.6) is 0 Å². The average Bonchev–Trinajstić information content (AvgIpc) is 2.51. The Hall–Kier alpha value is -1.60. The SMILES string of the molecule is CCCCCCN1C=Nc2c(C(N)=O)c(SC)nc(C)c2C1(C)O. The van der Waals surface area contributed by atoms with E-state index in [-0.39, 0.29) is 5.56 Å². The van der Waals surface area contributed by atoms with Crippen molar-refractivity contribution in [3.8, 4) is 0 Å². The third-order valence-electron chi connectivity index (χ3n) is 4.37. The monoisotopic (exact) mass is 350 g/mol. The van der Waals surface area contributed by atoms with Crippen LogP contribution in [-0.4, -0.2) is 40.0 Å². The minimum absolute atomic E-state index is 0.283. The summed E-state index contributed by atoms with van der Waals surface area (Å²) < 4.78 is 0. The van der Waals surface area contributed by atoms with Crippen LogP contribution in [0.4, 0.5) is 5.69 Å². The van der Waals surface area contributed by atoms with Gasteiger partial charge in [-0.3, -0.25) is 4.79 Å². The number of hydrogen-bond donors (Lipinski definition) is 2. The first kappa shape index (κ1) is 18.7. The molecule has 0 aromatic carbocycles. The Morgan fingerprint density at radius 3 is 2.71 bits per heavy atom. The number of nitrogens with zero attached hydrogens (tertiary/aromatic N) is 3. The summed E-state index contributed by atoms with van der Waals surface area (Å²) in [5, 5.41) is 11.7. The lowest BCUT2D eigenvalue weighted by Gasteiger charge is -2.40. The largest absolute Gasteiger partial charge is 0.367 e. The topological polar surface area (TPSA) is 91.8 Å². The number of pyridine rings is 1. The van der Waals surface area contributed by atoms with Gasteiger partial charge in [0.2, 0.25) is 0 Å². The number of fused-ring (bicyclic) bond motifs is 1. The highest BCUT2D eigenvalue weighted by molar-refractivity contribution is 7.98. The molecule has 132 valence electrons. The van der Waals surface area contributed by atoms with E-state index in [1.165, 1.54) is 18.2 Å². The number of aromatic nitrogens is 1. The Morgan fingerprint density at radius 1 is 1.42 bits per heavy atom. The van der Waals surface area contributed by atoms with E-state index in [1.807, 2.05) is 18.1 Å². The maximum atomic E-state index is 11.9. The minimum Gasteiger partial charge on any atom is -0.367 e. The first-order valence-corrected chi connectivity index (χ1v) is 9.49. The third kappa shape index (κ3) is 3.42. The molecule has 1 aromatic rings. The number of aliphatic hydroxyl groups is 1. The second-order valence-corrected chi connectivity index (χ2v) is 6.98. The lowest BCUT2D eigenvalue weighted by molar-refractivity contribution is -0.0594. The van der Waals surface area contributed by atoms with Gasteiger partial charge in [0.1, 0.15) is 5.03 Å². The second-order valence-electron chi connectivity index (χ2n) is 6.19. The Labute approximate surface area is 147 Å². The van der Waals surface area contributed by atoms with E-state index in [1.54, 1.807) is 13.3 Å². The zero-order valence-electron chi connectivity index (χ0n) is 14.8. The quantitative estimate of drug-likeness (QED) is 0.583. The number of carbonyl (C=O) groups is 1. The van der Waals surface area contributed by atoms with Gasteiger partial charge >= 0.3 is 0 Å². The van der Waals surface area contributed by atoms with Crippen LogP contribution in [0.25, 0.3) is 0 Å². The standard InChI is InChI=1S/C17H26N4O2S/c1-5-6-7-8-9-21-10-19-14-12(15(18)22)16(24-4)20-11(2)13(14)17(21,3)23/h10,23H,5-9H2,1-4H3,(H2,18,22). The van der Waals surface area contributed by atoms with Crippen LogP contribution in [0, 0.1) is 6.92 Å². The summed E-state index contributed by atoms with van der Waals surface area (Å²) in [6.45, 7) is 6.41. The lowest BCUT2D eigenvalue weighted by Crippen LogP contribution is -2.46. The van der Waals surface area contributed by atoms with Gasteiger partial charge in [0.25, 0.3) is 5.91 Å². The first-order chi connectivity index (χ1) is 11.3. The summed E-state index contributed by atoms with van der Waals surface area (Å²) in [7, 11) is 0. The number of rotatable bonds is 7. The number of aryl methyl sites for hydroxylation is 1. The molecule has 1 aliphatic rings. The van der Waals surface area contributed by atoms with Crippen molar-refractivity contribution in [3.05, 3.63) is 16.8 Å². The number of nitrogens with two attached hydrogens (primary N) is 1. The summed E-state index contributed by atoms with van der Waals surface area (Å²) in [4.78, 5) is 22.6. The second kappa shape index (κ2) is 7.53. The minimum atomic E-state index is -1.26. The van der Waals surface area contributed by atoms with E-state index in [2.05, 4.69) is 16.9 Å². The maximum Gasteiger partial charge on any atom is 0.253 e. The van der Waals surface area contributed by atoms with Crippen molar-refractivity contribution in [2.75, 3.05) is 12.8 Å². The fraction of sp³-hybridized carbons (Fsp3) is 0.588. The van der Waals surface area contributed by atoms with Crippen LogP contribution < -0.4 is 5.73 Å². The van der Waals surface area contributed by atoms with Gasteiger partial charge in [0.15, 0.2) is 5.72 Å². The highest BCUT2D eigenvalue weighted by atomic mass is 32.2. The van der Waals surface area contributed by atoms with Gasteiger partial charge < -0.3 is 15.7 Å². The van der Waals surface area contributed by atoms with Gasteiger partial charge in [-0.25, -0.2) is 9.98 Å². The van der Waals surface area contributed by atoms with Crippen LogP contribution in [0.1, 0.15) is 61.1 Å². The number of hydrogen-bond acceptors (Lipinski definition) is 6. The summed E-state index contributed by atoms with van der Waals surface area (Å²) in [5.41, 5.74) is 6.23. The van der Waals surface area contributed by atoms with Crippen LogP contribution in [0.3, 0.4) is 0 Å². The first-order valence-electron chi connectivity index (χ1n) is 8.26. The number of carbonyl (C=O) groups excluding carboxylic acids is 1. The predicted octanol–water partition coefficient (Wildman–Crippen LogP) is 2.93. The van der Waals surface area contributed by atoms with Crippen molar-refractivity contribution < 1.29 is 9.90 Å². The van der Waals surface area contributed by atoms with E-state index in [4.69, 9.17) is 5.73 Å². The smallest absolute Gasteiger partial charge is 0.253 e. The normalized spacial score (nSPS) is 19.5. The van der Waals surface area contributed by atoms with Crippen molar-refractivity contribution in [1.29, 1.82) is 0 Å². The molecule has 3 N–H and O–H groups in total. The molecule has 0 saturated carbocycles. The zero-order valence-corrected chi connectivity index (χ0v) is 15.6. The van der Waals surface area contributed by atoms with E-state index in [0.717, 1.165) is 19.3 Å². The molecule has 1 atom stereocenters. The molecule has 2 rings (SSSR count). The molecule has 0 fully saturated rings. The summed E-state index contributed by atoms with van der Waals surface area (Å²) in [6.07, 6.45) is 7.88. The molecule has 0 bridgehead atoms. The van der Waals surface area contributed by atoms with Gasteiger partial charge in [-0.2, -0.15) is 0 Å². The van der Waals surface area contributed by atoms with Crippen molar-refractivity contribution in [2.45, 2.75) is 57.2 Å². The summed E-state index contributed by atoms with van der Waals surface area (Å²) in [6, 6.07) is 0. The van der Waals surface area contributed by atoms with Crippen molar-refractivity contribution >= 4 is 29.7 Å². The number of primary amides is 1. The number of thioether (sulfide) groups is 1. The molecule has 1 aliphatic heterocycles. The van der Waals surface area contributed by atoms with Gasteiger partial charge in [0, 0.05) is 12.2 Å². The van der Waals surface area contributed by atoms with Crippen LogP contribution >= 0.6 is 11.8 Å². The van der Waals surface area contributed by atoms with E-state index < -0.39 is 11.6 Å². The number of unbranched alkanes of at least 4 members (excludes halogenated alkanes) is 3. The summed E-state index contributed by atoms with van der Waals surface area (Å²) >= 11 is 1.35. The molecule has 0 saturated heterocycles. The Balaban J connectivity index is 2.44. The van der Waals surface area contributed by atoms with E-state index in [0.29, 0.717) is 28.5 Å². The van der Waals surface area contributed by atoms with E-state index in [9.17, 15) is 9.90 Å². The van der Waals surface area contributed by atoms with Gasteiger partial charge in [-0.1, -0.05) is 26.2 Å². The molecule has 1 unspecified atom stereocenters. The van der Waals surface area contributed by atoms with Gasteiger partial charge in [-0.15, -0.1) is 11.8 Å². The molecule has 24 heavy (non-hydrogen) atoms. The number of amides is 1. The zero-order chi connectivity index (χ0) is 17.9. The number of aliphatic imine (C=N–C) groups is 1. The third-order valence-corrected chi connectivity index (χ3v) is 5.05. The highest BCUT2D eigenvalue weighted by Crippen LogP contribution is 2.42. The molecule has 0 aliphatic carbocycles. The lowest BCUT2D eigenvalue weighted by atomic mass is 9.95. The highest BCUT2D eigenvalue weighted by Gasteiger charge is 2.39. The van der Waals surface area contributed by atoms with Crippen molar-refractivity contribution in [2.24, 2.45) is 10.7 Å². The molecule has 2 heterocycles. The molecule has 0 radical (unpaired) electrons. The molecular formula is C17H26N4O2S. The molecule has 1 amide bonds. The molecule has 1 aromatic heterocycles. The van der Waals surface area contributed by atoms with Crippen LogP contribution in [0.15, 0.2) is 10.0 Å². The molecule has 7 heteroatoms. The van der Waals surface area contributed by atoms with Crippen molar-refractivity contribution in [3.63, 3.8) is 0 Å². The Kier molecular flexibility index (Phi) is 5.87. The Bertz CT molecular complexity index is 658. The Morgan fingerprint density at radius 2 is 2.12 bits per heavy atom.